The zero-order valence-corrected chi connectivity index (χ0v) is 21.9. The number of benzene rings is 1. The second kappa shape index (κ2) is 13.0. The van der Waals surface area contributed by atoms with Gasteiger partial charge in [-0.1, -0.05) is 37.1 Å². The van der Waals surface area contributed by atoms with Crippen molar-refractivity contribution in [2.24, 2.45) is 4.99 Å². The molecule has 2 saturated heterocycles. The average molecular weight is 566 g/mol. The number of rotatable bonds is 5. The van der Waals surface area contributed by atoms with Crippen molar-refractivity contribution in [3.8, 4) is 0 Å². The van der Waals surface area contributed by atoms with Crippen LogP contribution in [0.3, 0.4) is 0 Å². The Bertz CT molecular complexity index is 869. The molecule has 1 aromatic heterocycles. The minimum absolute atomic E-state index is 0. The van der Waals surface area contributed by atoms with Crippen LogP contribution in [0.2, 0.25) is 0 Å². The molecule has 2 fully saturated rings. The third-order valence-corrected chi connectivity index (χ3v) is 6.39. The summed E-state index contributed by atoms with van der Waals surface area (Å²) in [6.45, 7) is 7.05. The topological polar surface area (TPSA) is 64.3 Å². The molecular formula is C25H36IN5O2. The van der Waals surface area contributed by atoms with Crippen molar-refractivity contribution in [3.05, 3.63) is 59.5 Å². The van der Waals surface area contributed by atoms with Gasteiger partial charge in [-0.25, -0.2) is 0 Å². The zero-order chi connectivity index (χ0) is 22.2. The van der Waals surface area contributed by atoms with Crippen LogP contribution in [-0.2, 0) is 13.1 Å². The molecule has 3 heterocycles. The highest BCUT2D eigenvalue weighted by molar-refractivity contribution is 14.0. The summed E-state index contributed by atoms with van der Waals surface area (Å²) in [7, 11) is 1.81. The van der Waals surface area contributed by atoms with Gasteiger partial charge in [0.25, 0.3) is 5.91 Å². The van der Waals surface area contributed by atoms with Crippen LogP contribution in [0.1, 0.15) is 47.4 Å². The molecule has 0 atom stereocenters. The van der Waals surface area contributed by atoms with E-state index in [-0.39, 0.29) is 29.9 Å². The van der Waals surface area contributed by atoms with Crippen LogP contribution in [-0.4, -0.2) is 72.9 Å². The van der Waals surface area contributed by atoms with Crippen LogP contribution in [0.15, 0.2) is 52.1 Å². The maximum atomic E-state index is 12.5. The van der Waals surface area contributed by atoms with Crippen LogP contribution in [0.25, 0.3) is 0 Å². The summed E-state index contributed by atoms with van der Waals surface area (Å²) in [6, 6.07) is 12.4. The van der Waals surface area contributed by atoms with Crippen molar-refractivity contribution < 1.29 is 9.21 Å². The van der Waals surface area contributed by atoms with Crippen LogP contribution in [0.4, 0.5) is 0 Å². The Labute approximate surface area is 214 Å². The van der Waals surface area contributed by atoms with E-state index in [1.54, 1.807) is 12.1 Å². The highest BCUT2D eigenvalue weighted by Crippen LogP contribution is 2.14. The molecule has 8 heteroatoms. The monoisotopic (exact) mass is 565 g/mol. The fraction of sp³-hybridized carbons (Fsp3) is 0.520. The van der Waals surface area contributed by atoms with Gasteiger partial charge < -0.3 is 19.5 Å². The van der Waals surface area contributed by atoms with Gasteiger partial charge in [0, 0.05) is 46.3 Å². The van der Waals surface area contributed by atoms with Crippen LogP contribution < -0.4 is 5.32 Å². The number of halogens is 1. The predicted molar refractivity (Wildman–Crippen MR) is 142 cm³/mol. The number of nitrogens with zero attached hydrogens (tertiary/aromatic N) is 4. The lowest BCUT2D eigenvalue weighted by molar-refractivity contribution is 0.0657. The Morgan fingerprint density at radius 1 is 0.909 bits per heavy atom. The van der Waals surface area contributed by atoms with Crippen molar-refractivity contribution in [2.75, 3.05) is 46.3 Å². The number of furan rings is 1. The fourth-order valence-electron chi connectivity index (χ4n) is 4.51. The molecule has 0 bridgehead atoms. The first-order valence-corrected chi connectivity index (χ1v) is 11.8. The predicted octanol–water partition coefficient (Wildman–Crippen LogP) is 3.81. The molecule has 0 spiro atoms. The average Bonchev–Trinajstić information content (AvgIpc) is 3.26. The lowest BCUT2D eigenvalue weighted by atomic mass is 10.1. The molecule has 2 aromatic rings. The molecule has 180 valence electrons. The first kappa shape index (κ1) is 25.6. The SMILES string of the molecule is CN=C(NCc1ccc(CN2CCCCCC2)cc1)N1CCN(C(=O)c2ccco2)CC1.I. The molecule has 1 amide bonds. The maximum absolute atomic E-state index is 12.5. The number of nitrogens with one attached hydrogen (secondary N) is 1. The summed E-state index contributed by atoms with van der Waals surface area (Å²) in [5, 5.41) is 3.48. The number of carbonyl (C=O) groups is 1. The number of guanidine groups is 1. The van der Waals surface area contributed by atoms with Gasteiger partial charge in [0.05, 0.1) is 6.26 Å². The number of amides is 1. The van der Waals surface area contributed by atoms with E-state index in [1.807, 2.05) is 11.9 Å². The molecule has 2 aliphatic rings. The molecular weight excluding hydrogens is 529 g/mol. The Balaban J connectivity index is 0.00000306. The molecule has 4 rings (SSSR count). The third-order valence-electron chi connectivity index (χ3n) is 6.39. The minimum Gasteiger partial charge on any atom is -0.459 e. The Kier molecular flexibility index (Phi) is 10.1. The van der Waals surface area contributed by atoms with Gasteiger partial charge in [-0.15, -0.1) is 24.0 Å². The summed E-state index contributed by atoms with van der Waals surface area (Å²) in [4.78, 5) is 23.5. The molecule has 33 heavy (non-hydrogen) atoms. The highest BCUT2D eigenvalue weighted by Gasteiger charge is 2.25. The third kappa shape index (κ3) is 7.20. The van der Waals surface area contributed by atoms with Crippen LogP contribution in [0, 0.1) is 0 Å². The van der Waals surface area contributed by atoms with Gasteiger partial charge in [-0.05, 0) is 49.2 Å². The second-order valence-electron chi connectivity index (χ2n) is 8.66. The van der Waals surface area contributed by atoms with Crippen LogP contribution in [0.5, 0.6) is 0 Å². The molecule has 1 aromatic carbocycles. The zero-order valence-electron chi connectivity index (χ0n) is 19.5. The summed E-state index contributed by atoms with van der Waals surface area (Å²) in [6.07, 6.45) is 6.94. The Morgan fingerprint density at radius 3 is 2.15 bits per heavy atom. The maximum Gasteiger partial charge on any atom is 0.289 e. The first-order valence-electron chi connectivity index (χ1n) is 11.8. The van der Waals surface area contributed by atoms with Crippen LogP contribution >= 0.6 is 24.0 Å². The van der Waals surface area contributed by atoms with E-state index in [9.17, 15) is 4.79 Å². The second-order valence-corrected chi connectivity index (χ2v) is 8.66. The van der Waals surface area contributed by atoms with Gasteiger partial charge in [-0.2, -0.15) is 0 Å². The lowest BCUT2D eigenvalue weighted by Crippen LogP contribution is -2.53. The molecule has 0 aliphatic carbocycles. The van der Waals surface area contributed by atoms with E-state index in [2.05, 4.69) is 44.4 Å². The smallest absolute Gasteiger partial charge is 0.289 e. The highest BCUT2D eigenvalue weighted by atomic mass is 127. The number of likely N-dealkylation sites (tertiary alicyclic amines) is 1. The Morgan fingerprint density at radius 2 is 1.55 bits per heavy atom. The van der Waals surface area contributed by atoms with E-state index in [0.717, 1.165) is 32.1 Å². The summed E-state index contributed by atoms with van der Waals surface area (Å²) < 4.78 is 5.24. The van der Waals surface area contributed by atoms with Gasteiger partial charge in [0.2, 0.25) is 0 Å². The number of piperazine rings is 1. The molecule has 7 nitrogen and oxygen atoms in total. The molecule has 0 radical (unpaired) electrons. The van der Waals surface area contributed by atoms with E-state index in [1.165, 1.54) is 56.2 Å². The van der Waals surface area contributed by atoms with Gasteiger partial charge in [-0.3, -0.25) is 14.7 Å². The van der Waals surface area contributed by atoms with Gasteiger partial charge >= 0.3 is 0 Å². The summed E-state index contributed by atoms with van der Waals surface area (Å²) in [5.74, 6) is 1.24. The normalized spacial score (nSPS) is 17.9. The first-order chi connectivity index (χ1) is 15.7. The lowest BCUT2D eigenvalue weighted by Gasteiger charge is -2.36. The van der Waals surface area contributed by atoms with Crippen molar-refractivity contribution in [3.63, 3.8) is 0 Å². The minimum atomic E-state index is -0.0436. The Hall–Kier alpha value is -2.07. The van der Waals surface area contributed by atoms with Gasteiger partial charge in [0.15, 0.2) is 11.7 Å². The van der Waals surface area contributed by atoms with Crippen molar-refractivity contribution >= 4 is 35.8 Å². The van der Waals surface area contributed by atoms with Gasteiger partial charge in [0.1, 0.15) is 0 Å². The quantitative estimate of drug-likeness (QED) is 0.340. The summed E-state index contributed by atoms with van der Waals surface area (Å²) >= 11 is 0. The van der Waals surface area contributed by atoms with E-state index in [0.29, 0.717) is 18.8 Å². The summed E-state index contributed by atoms with van der Waals surface area (Å²) in [5.41, 5.74) is 2.63. The van der Waals surface area contributed by atoms with E-state index >= 15 is 0 Å². The standard InChI is InChI=1S/C25H35N5O2.HI/c1-26-25(30-16-14-29(15-17-30)24(31)23-7-6-18-32-23)27-19-21-8-10-22(11-9-21)20-28-12-4-2-3-5-13-28;/h6-11,18H,2-5,12-17,19-20H2,1H3,(H,26,27);1H. The van der Waals surface area contributed by atoms with Crippen molar-refractivity contribution in [1.29, 1.82) is 0 Å². The number of hydrogen-bond acceptors (Lipinski definition) is 4. The molecule has 2 aliphatic heterocycles. The number of carbonyl (C=O) groups excluding carboxylic acids is 1. The molecule has 1 N–H and O–H groups in total. The van der Waals surface area contributed by atoms with E-state index in [4.69, 9.17) is 4.42 Å². The van der Waals surface area contributed by atoms with Crippen molar-refractivity contribution in [2.45, 2.75) is 38.8 Å². The number of aliphatic imine (C=N–C) groups is 1. The molecule has 0 unspecified atom stereocenters. The largest absolute Gasteiger partial charge is 0.459 e. The number of hydrogen-bond donors (Lipinski definition) is 1. The van der Waals surface area contributed by atoms with E-state index < -0.39 is 0 Å². The van der Waals surface area contributed by atoms with Crippen molar-refractivity contribution in [1.82, 2.24) is 20.0 Å². The fourth-order valence-corrected chi connectivity index (χ4v) is 4.51. The molecule has 0 saturated carbocycles.